The molecule has 1 aliphatic rings. The molecule has 0 radical (unpaired) electrons. The van der Waals surface area contributed by atoms with Crippen LogP contribution >= 0.6 is 15.9 Å². The van der Waals surface area contributed by atoms with Crippen molar-refractivity contribution in [3.05, 3.63) is 34.3 Å². The summed E-state index contributed by atoms with van der Waals surface area (Å²) in [5, 5.41) is 9.69. The van der Waals surface area contributed by atoms with Crippen molar-refractivity contribution >= 4 is 15.9 Å². The van der Waals surface area contributed by atoms with Crippen LogP contribution in [0.5, 0.6) is 0 Å². The Kier molecular flexibility index (Phi) is 3.47. The van der Waals surface area contributed by atoms with Crippen LogP contribution in [0.25, 0.3) is 0 Å². The molecule has 2 heteroatoms. The average Bonchev–Trinajstić information content (AvgIpc) is 2.50. The first-order valence-corrected chi connectivity index (χ1v) is 6.38. The molecule has 1 saturated carbocycles. The van der Waals surface area contributed by atoms with Crippen LogP contribution in [0.1, 0.15) is 25.3 Å². The molecule has 0 spiro atoms. The van der Waals surface area contributed by atoms with Crippen molar-refractivity contribution in [2.75, 3.05) is 0 Å². The van der Waals surface area contributed by atoms with Gasteiger partial charge < -0.3 is 5.11 Å². The lowest BCUT2D eigenvalue weighted by Crippen LogP contribution is -2.16. The Morgan fingerprint density at radius 1 is 1.40 bits per heavy atom. The zero-order chi connectivity index (χ0) is 10.8. The highest BCUT2D eigenvalue weighted by molar-refractivity contribution is 9.10. The van der Waals surface area contributed by atoms with E-state index in [4.69, 9.17) is 0 Å². The molecule has 3 unspecified atom stereocenters. The minimum atomic E-state index is -0.0813. The van der Waals surface area contributed by atoms with Gasteiger partial charge in [0, 0.05) is 4.47 Å². The number of benzene rings is 1. The molecule has 0 heterocycles. The molecule has 1 N–H and O–H groups in total. The zero-order valence-electron chi connectivity index (χ0n) is 8.99. The van der Waals surface area contributed by atoms with Gasteiger partial charge in [-0.25, -0.2) is 0 Å². The highest BCUT2D eigenvalue weighted by atomic mass is 79.9. The van der Waals surface area contributed by atoms with Crippen molar-refractivity contribution in [3.8, 4) is 0 Å². The van der Waals surface area contributed by atoms with E-state index >= 15 is 0 Å². The van der Waals surface area contributed by atoms with Crippen LogP contribution in [0.2, 0.25) is 0 Å². The second kappa shape index (κ2) is 4.67. The molecule has 0 aliphatic heterocycles. The third-order valence-electron chi connectivity index (χ3n) is 3.57. The quantitative estimate of drug-likeness (QED) is 0.872. The Labute approximate surface area is 99.6 Å². The van der Waals surface area contributed by atoms with Crippen LogP contribution < -0.4 is 0 Å². The predicted molar refractivity (Wildman–Crippen MR) is 65.7 cm³/mol. The SMILES string of the molecule is CC1C(O)CCC1Cc1cccc(Br)c1. The largest absolute Gasteiger partial charge is 0.393 e. The lowest BCUT2D eigenvalue weighted by atomic mass is 9.90. The van der Waals surface area contributed by atoms with Gasteiger partial charge in [0.05, 0.1) is 6.10 Å². The lowest BCUT2D eigenvalue weighted by Gasteiger charge is -2.17. The molecule has 0 bridgehead atoms. The van der Waals surface area contributed by atoms with E-state index in [9.17, 15) is 5.11 Å². The molecule has 2 rings (SSSR count). The fourth-order valence-corrected chi connectivity index (χ4v) is 2.93. The average molecular weight is 269 g/mol. The number of rotatable bonds is 2. The van der Waals surface area contributed by atoms with Gasteiger partial charge in [0.2, 0.25) is 0 Å². The molecule has 1 fully saturated rings. The highest BCUT2D eigenvalue weighted by Gasteiger charge is 2.30. The minimum Gasteiger partial charge on any atom is -0.393 e. The summed E-state index contributed by atoms with van der Waals surface area (Å²) in [5.74, 6) is 1.10. The summed E-state index contributed by atoms with van der Waals surface area (Å²) in [7, 11) is 0. The summed E-state index contributed by atoms with van der Waals surface area (Å²) < 4.78 is 1.14. The van der Waals surface area contributed by atoms with E-state index < -0.39 is 0 Å². The second-order valence-corrected chi connectivity index (χ2v) is 5.51. The van der Waals surface area contributed by atoms with Crippen LogP contribution in [0.4, 0.5) is 0 Å². The minimum absolute atomic E-state index is 0.0813. The van der Waals surface area contributed by atoms with Crippen molar-refractivity contribution in [2.24, 2.45) is 11.8 Å². The third kappa shape index (κ3) is 2.61. The van der Waals surface area contributed by atoms with E-state index in [1.807, 2.05) is 0 Å². The first-order valence-electron chi connectivity index (χ1n) is 5.59. The number of aliphatic hydroxyl groups excluding tert-OH is 1. The van der Waals surface area contributed by atoms with Gasteiger partial charge in [0.15, 0.2) is 0 Å². The molecule has 15 heavy (non-hydrogen) atoms. The Morgan fingerprint density at radius 3 is 2.80 bits per heavy atom. The number of halogens is 1. The van der Waals surface area contributed by atoms with E-state index in [1.54, 1.807) is 0 Å². The summed E-state index contributed by atoms with van der Waals surface area (Å²) in [5.41, 5.74) is 1.37. The highest BCUT2D eigenvalue weighted by Crippen LogP contribution is 2.34. The number of hydrogen-bond donors (Lipinski definition) is 1. The fraction of sp³-hybridized carbons (Fsp3) is 0.538. The van der Waals surface area contributed by atoms with Crippen LogP contribution in [0.3, 0.4) is 0 Å². The molecule has 82 valence electrons. The van der Waals surface area contributed by atoms with Crippen LogP contribution in [-0.2, 0) is 6.42 Å². The van der Waals surface area contributed by atoms with E-state index in [2.05, 4.69) is 47.1 Å². The van der Waals surface area contributed by atoms with Crippen molar-refractivity contribution in [3.63, 3.8) is 0 Å². The maximum absolute atomic E-state index is 9.69. The number of hydrogen-bond acceptors (Lipinski definition) is 1. The van der Waals surface area contributed by atoms with Gasteiger partial charge in [-0.3, -0.25) is 0 Å². The second-order valence-electron chi connectivity index (χ2n) is 4.60. The topological polar surface area (TPSA) is 20.2 Å². The predicted octanol–water partition coefficient (Wildman–Crippen LogP) is 3.40. The van der Waals surface area contributed by atoms with Gasteiger partial charge >= 0.3 is 0 Å². The van der Waals surface area contributed by atoms with E-state index in [1.165, 1.54) is 5.56 Å². The molecule has 3 atom stereocenters. The molecule has 1 nitrogen and oxygen atoms in total. The molecule has 1 aromatic rings. The van der Waals surface area contributed by atoms with Crippen molar-refractivity contribution in [1.29, 1.82) is 0 Å². The summed E-state index contributed by atoms with van der Waals surface area (Å²) in [6.45, 7) is 2.17. The Balaban J connectivity index is 2.03. The van der Waals surface area contributed by atoms with Crippen molar-refractivity contribution in [2.45, 2.75) is 32.3 Å². The van der Waals surface area contributed by atoms with Gasteiger partial charge in [-0.15, -0.1) is 0 Å². The standard InChI is InChI=1S/C13H17BrO/c1-9-11(5-6-13(9)15)7-10-3-2-4-12(14)8-10/h2-4,8-9,11,13,15H,5-7H2,1H3. The Bertz CT molecular complexity index is 337. The van der Waals surface area contributed by atoms with Gasteiger partial charge in [-0.1, -0.05) is 35.0 Å². The monoisotopic (exact) mass is 268 g/mol. The number of aliphatic hydroxyl groups is 1. The van der Waals surface area contributed by atoms with Crippen molar-refractivity contribution < 1.29 is 5.11 Å². The van der Waals surface area contributed by atoms with Crippen LogP contribution in [0.15, 0.2) is 28.7 Å². The molecule has 0 aromatic heterocycles. The maximum atomic E-state index is 9.69. The third-order valence-corrected chi connectivity index (χ3v) is 4.06. The Morgan fingerprint density at radius 2 is 2.20 bits per heavy atom. The van der Waals surface area contributed by atoms with Crippen molar-refractivity contribution in [1.82, 2.24) is 0 Å². The normalized spacial score (nSPS) is 30.7. The lowest BCUT2D eigenvalue weighted by molar-refractivity contribution is 0.127. The molecule has 1 aromatic carbocycles. The first-order chi connectivity index (χ1) is 7.16. The summed E-state index contributed by atoms with van der Waals surface area (Å²) in [6.07, 6.45) is 3.15. The van der Waals surface area contributed by atoms with Crippen LogP contribution in [0, 0.1) is 11.8 Å². The van der Waals surface area contributed by atoms with E-state index in [0.717, 1.165) is 23.7 Å². The summed E-state index contributed by atoms with van der Waals surface area (Å²) in [4.78, 5) is 0. The first kappa shape index (κ1) is 11.2. The molecule has 0 saturated heterocycles. The smallest absolute Gasteiger partial charge is 0.0568 e. The molecular weight excluding hydrogens is 252 g/mol. The van der Waals surface area contributed by atoms with Gasteiger partial charge in [-0.2, -0.15) is 0 Å². The molecule has 1 aliphatic carbocycles. The van der Waals surface area contributed by atoms with Gasteiger partial charge in [-0.05, 0) is 48.8 Å². The Hall–Kier alpha value is -0.340. The van der Waals surface area contributed by atoms with E-state index in [-0.39, 0.29) is 6.10 Å². The van der Waals surface area contributed by atoms with Gasteiger partial charge in [0.25, 0.3) is 0 Å². The molecular formula is C13H17BrO. The van der Waals surface area contributed by atoms with Gasteiger partial charge in [0.1, 0.15) is 0 Å². The summed E-state index contributed by atoms with van der Waals surface area (Å²) >= 11 is 3.49. The van der Waals surface area contributed by atoms with E-state index in [0.29, 0.717) is 11.8 Å². The van der Waals surface area contributed by atoms with Crippen LogP contribution in [-0.4, -0.2) is 11.2 Å². The zero-order valence-corrected chi connectivity index (χ0v) is 10.6. The summed E-state index contributed by atoms with van der Waals surface area (Å²) in [6, 6.07) is 8.48. The molecule has 0 amide bonds. The maximum Gasteiger partial charge on any atom is 0.0568 e. The fourth-order valence-electron chi connectivity index (χ4n) is 2.48.